The molecule has 0 fully saturated rings. The fraction of sp³-hybridized carbons (Fsp3) is 0.667. The van der Waals surface area contributed by atoms with Crippen LogP contribution in [-0.2, 0) is 14.3 Å². The maximum Gasteiger partial charge on any atom is 0.349 e. The van der Waals surface area contributed by atoms with E-state index in [-0.39, 0.29) is 24.6 Å². The second kappa shape index (κ2) is 9.32. The summed E-state index contributed by atoms with van der Waals surface area (Å²) in [6.07, 6.45) is 1.82. The van der Waals surface area contributed by atoms with E-state index in [1.165, 1.54) is 0 Å². The van der Waals surface area contributed by atoms with Gasteiger partial charge >= 0.3 is 5.97 Å². The van der Waals surface area contributed by atoms with E-state index < -0.39 is 11.9 Å². The minimum Gasteiger partial charge on any atom is -0.480 e. The number of carbonyl (C=O) groups excluding carboxylic acids is 1. The maximum atomic E-state index is 11.7. The zero-order valence-corrected chi connectivity index (χ0v) is 11.2. The minimum absolute atomic E-state index is 0.0622. The van der Waals surface area contributed by atoms with Crippen LogP contribution in [0.25, 0.3) is 0 Å². The van der Waals surface area contributed by atoms with Gasteiger partial charge in [-0.3, -0.25) is 4.99 Å². The zero-order valence-electron chi connectivity index (χ0n) is 11.2. The van der Waals surface area contributed by atoms with E-state index >= 15 is 0 Å². The molecular weight excluding hydrogens is 236 g/mol. The van der Waals surface area contributed by atoms with Gasteiger partial charge in [-0.25, -0.2) is 4.79 Å². The van der Waals surface area contributed by atoms with E-state index in [4.69, 9.17) is 15.2 Å². The lowest BCUT2D eigenvalue weighted by Crippen LogP contribution is -2.26. The molecule has 0 aromatic carbocycles. The number of esters is 1. The monoisotopic (exact) mass is 258 g/mol. The molecule has 0 aromatic heterocycles. The van der Waals surface area contributed by atoms with Gasteiger partial charge in [-0.15, -0.1) is 0 Å². The first-order valence-corrected chi connectivity index (χ1v) is 6.11. The molecular formula is C12H22N2O4. The second-order valence-electron chi connectivity index (χ2n) is 3.45. The zero-order chi connectivity index (χ0) is 14.0. The summed E-state index contributed by atoms with van der Waals surface area (Å²) in [5.41, 5.74) is 5.46. The number of aliphatic hydroxyl groups excluding tert-OH is 1. The Hall–Kier alpha value is -1.72. The summed E-state index contributed by atoms with van der Waals surface area (Å²) in [4.78, 5) is 15.7. The molecule has 0 aliphatic rings. The lowest BCUT2D eigenvalue weighted by atomic mass is 10.2. The molecule has 18 heavy (non-hydrogen) atoms. The summed E-state index contributed by atoms with van der Waals surface area (Å²) in [6, 6.07) is 0. The van der Waals surface area contributed by atoms with Crippen LogP contribution in [0.2, 0.25) is 0 Å². The van der Waals surface area contributed by atoms with Gasteiger partial charge in [-0.2, -0.15) is 0 Å². The first kappa shape index (κ1) is 16.3. The van der Waals surface area contributed by atoms with Gasteiger partial charge in [0.05, 0.1) is 13.2 Å². The standard InChI is InChI=1S/C12H22N2O4/c1-4-7-8-14-10(13)9(11(15)17-5-2)12(16)18-6-3/h15H,4-8H2,1-3H3,(H2,13,14). The Morgan fingerprint density at radius 3 is 2.33 bits per heavy atom. The first-order valence-electron chi connectivity index (χ1n) is 6.11. The molecule has 104 valence electrons. The Balaban J connectivity index is 5.03. The maximum absolute atomic E-state index is 11.7. The van der Waals surface area contributed by atoms with Crippen LogP contribution < -0.4 is 5.73 Å². The second-order valence-corrected chi connectivity index (χ2v) is 3.45. The van der Waals surface area contributed by atoms with Crippen LogP contribution >= 0.6 is 0 Å². The van der Waals surface area contributed by atoms with Crippen LogP contribution in [0.5, 0.6) is 0 Å². The van der Waals surface area contributed by atoms with Crippen molar-refractivity contribution in [1.82, 2.24) is 0 Å². The predicted molar refractivity (Wildman–Crippen MR) is 69.3 cm³/mol. The predicted octanol–water partition coefficient (Wildman–Crippen LogP) is 1.51. The number of aliphatic hydroxyl groups is 1. The highest BCUT2D eigenvalue weighted by Gasteiger charge is 2.22. The molecule has 0 atom stereocenters. The fourth-order valence-electron chi connectivity index (χ4n) is 1.15. The molecule has 0 aliphatic heterocycles. The van der Waals surface area contributed by atoms with Crippen LogP contribution in [-0.4, -0.2) is 36.7 Å². The number of hydrogen-bond acceptors (Lipinski definition) is 5. The molecule has 0 saturated carbocycles. The molecule has 6 nitrogen and oxygen atoms in total. The SMILES string of the molecule is CCCCN=C(N)C(C(=O)OCC)=C(O)OCC. The van der Waals surface area contributed by atoms with Gasteiger partial charge in [0, 0.05) is 6.54 Å². The normalized spacial score (nSPS) is 12.9. The molecule has 0 amide bonds. The van der Waals surface area contributed by atoms with Crippen molar-refractivity contribution >= 4 is 11.8 Å². The van der Waals surface area contributed by atoms with E-state index in [1.54, 1.807) is 13.8 Å². The van der Waals surface area contributed by atoms with Crippen LogP contribution in [0.4, 0.5) is 0 Å². The quantitative estimate of drug-likeness (QED) is 0.172. The van der Waals surface area contributed by atoms with Gasteiger partial charge in [0.15, 0.2) is 5.57 Å². The van der Waals surface area contributed by atoms with Crippen LogP contribution in [0.3, 0.4) is 0 Å². The number of carbonyl (C=O) groups is 1. The average Bonchev–Trinajstić information content (AvgIpc) is 2.30. The molecule has 3 N–H and O–H groups in total. The van der Waals surface area contributed by atoms with Gasteiger partial charge in [0.25, 0.3) is 5.95 Å². The van der Waals surface area contributed by atoms with E-state index in [0.29, 0.717) is 6.54 Å². The van der Waals surface area contributed by atoms with Crippen molar-refractivity contribution in [3.63, 3.8) is 0 Å². The summed E-state index contributed by atoms with van der Waals surface area (Å²) in [6.45, 7) is 6.26. The highest BCUT2D eigenvalue weighted by Crippen LogP contribution is 2.07. The highest BCUT2D eigenvalue weighted by molar-refractivity contribution is 6.18. The van der Waals surface area contributed by atoms with Crippen molar-refractivity contribution in [2.75, 3.05) is 19.8 Å². The third-order valence-electron chi connectivity index (χ3n) is 2.02. The molecule has 0 aromatic rings. The highest BCUT2D eigenvalue weighted by atomic mass is 16.6. The van der Waals surface area contributed by atoms with Crippen LogP contribution in [0, 0.1) is 0 Å². The van der Waals surface area contributed by atoms with Crippen molar-refractivity contribution < 1.29 is 19.4 Å². The lowest BCUT2D eigenvalue weighted by molar-refractivity contribution is -0.138. The average molecular weight is 258 g/mol. The Morgan fingerprint density at radius 1 is 1.22 bits per heavy atom. The van der Waals surface area contributed by atoms with Crippen molar-refractivity contribution in [3.8, 4) is 0 Å². The topological polar surface area (TPSA) is 94.1 Å². The summed E-state index contributed by atoms with van der Waals surface area (Å²) in [5.74, 6) is -1.34. The summed E-state index contributed by atoms with van der Waals surface area (Å²) < 4.78 is 9.67. The Morgan fingerprint density at radius 2 is 1.83 bits per heavy atom. The Labute approximate surface area is 107 Å². The number of hydrogen-bond donors (Lipinski definition) is 2. The van der Waals surface area contributed by atoms with Crippen LogP contribution in [0.15, 0.2) is 16.5 Å². The summed E-state index contributed by atoms with van der Waals surface area (Å²) in [5, 5.41) is 9.63. The van der Waals surface area contributed by atoms with Crippen LogP contribution in [0.1, 0.15) is 33.6 Å². The molecule has 0 unspecified atom stereocenters. The molecule has 0 saturated heterocycles. The van der Waals surface area contributed by atoms with Gasteiger partial charge in [0.1, 0.15) is 5.84 Å². The van der Waals surface area contributed by atoms with Crippen molar-refractivity contribution in [3.05, 3.63) is 11.5 Å². The fourth-order valence-corrected chi connectivity index (χ4v) is 1.15. The van der Waals surface area contributed by atoms with Crippen molar-refractivity contribution in [2.45, 2.75) is 33.6 Å². The number of amidine groups is 1. The Kier molecular flexibility index (Phi) is 8.43. The molecule has 0 bridgehead atoms. The molecule has 0 rings (SSSR count). The summed E-state index contributed by atoms with van der Waals surface area (Å²) >= 11 is 0. The molecule has 0 spiro atoms. The first-order chi connectivity index (χ1) is 8.58. The van der Waals surface area contributed by atoms with E-state index in [0.717, 1.165) is 12.8 Å². The van der Waals surface area contributed by atoms with E-state index in [1.807, 2.05) is 6.92 Å². The van der Waals surface area contributed by atoms with Gasteiger partial charge in [-0.05, 0) is 20.3 Å². The smallest absolute Gasteiger partial charge is 0.349 e. The molecule has 6 heteroatoms. The van der Waals surface area contributed by atoms with Gasteiger partial charge in [-0.1, -0.05) is 13.3 Å². The third kappa shape index (κ3) is 5.56. The van der Waals surface area contributed by atoms with Gasteiger partial charge < -0.3 is 20.3 Å². The number of nitrogens with zero attached hydrogens (tertiary/aromatic N) is 1. The number of ether oxygens (including phenoxy) is 2. The number of aliphatic imine (C=N–C) groups is 1. The lowest BCUT2D eigenvalue weighted by Gasteiger charge is -2.09. The molecule has 0 aliphatic carbocycles. The number of unbranched alkanes of at least 4 members (excludes halogenated alkanes) is 1. The van der Waals surface area contributed by atoms with E-state index in [9.17, 15) is 9.90 Å². The number of nitrogens with two attached hydrogens (primary N) is 1. The van der Waals surface area contributed by atoms with Crippen molar-refractivity contribution in [2.24, 2.45) is 10.7 Å². The summed E-state index contributed by atoms with van der Waals surface area (Å²) in [7, 11) is 0. The number of rotatable bonds is 8. The van der Waals surface area contributed by atoms with E-state index in [2.05, 4.69) is 4.99 Å². The largest absolute Gasteiger partial charge is 0.480 e. The Bertz CT molecular complexity index is 324. The third-order valence-corrected chi connectivity index (χ3v) is 2.02. The molecule has 0 radical (unpaired) electrons. The van der Waals surface area contributed by atoms with Gasteiger partial charge in [0.2, 0.25) is 0 Å². The minimum atomic E-state index is -0.735. The van der Waals surface area contributed by atoms with Crippen molar-refractivity contribution in [1.29, 1.82) is 0 Å². The molecule has 0 heterocycles.